The molecule has 3 aliphatic rings. The van der Waals surface area contributed by atoms with Gasteiger partial charge in [-0.25, -0.2) is 0 Å². The van der Waals surface area contributed by atoms with E-state index in [1.165, 1.54) is 19.3 Å². The lowest BCUT2D eigenvalue weighted by Crippen LogP contribution is -2.65. The standard InChI is InChI=1S/C28H40ClN5O2.ClH/c1-28(21-6-4-3-5-7-21,31-26(35)25-19-20-18-22(29)8-9-24(20)30-25)27(36)34-16-14-33(15-17-34)23-10-12-32(2)13-11-23;/h8-9,18-19,21,23,30H,3-7,10-17H2,1-2H3,(H,31,35);1H/t28-;/m0./s1. The van der Waals surface area contributed by atoms with Gasteiger partial charge in [0.05, 0.1) is 0 Å². The van der Waals surface area contributed by atoms with Gasteiger partial charge in [-0.1, -0.05) is 30.9 Å². The number of piperazine rings is 1. The molecule has 204 valence electrons. The highest BCUT2D eigenvalue weighted by Crippen LogP contribution is 2.35. The van der Waals surface area contributed by atoms with Crippen molar-refractivity contribution in [2.75, 3.05) is 46.3 Å². The molecule has 7 nitrogen and oxygen atoms in total. The first kappa shape index (κ1) is 28.2. The van der Waals surface area contributed by atoms with Gasteiger partial charge in [0.2, 0.25) is 5.91 Å². The smallest absolute Gasteiger partial charge is 0.268 e. The van der Waals surface area contributed by atoms with E-state index in [0.29, 0.717) is 16.8 Å². The Hall–Kier alpha value is -1.80. The molecule has 0 bridgehead atoms. The van der Waals surface area contributed by atoms with Crippen molar-refractivity contribution < 1.29 is 9.59 Å². The molecule has 2 saturated heterocycles. The predicted octanol–water partition coefficient (Wildman–Crippen LogP) is 4.55. The van der Waals surface area contributed by atoms with Crippen LogP contribution in [0.4, 0.5) is 0 Å². The zero-order valence-corrected chi connectivity index (χ0v) is 23.7. The van der Waals surface area contributed by atoms with Crippen molar-refractivity contribution in [2.45, 2.75) is 63.5 Å². The highest BCUT2D eigenvalue weighted by atomic mass is 35.5. The SMILES string of the molecule is CN1CCC(N2CCN(C(=O)[C@@](C)(NC(=O)c3cc4cc(Cl)ccc4[nH]3)C3CCCCC3)CC2)CC1.Cl. The molecular weight excluding hydrogens is 509 g/mol. The Morgan fingerprint density at radius 1 is 0.973 bits per heavy atom. The van der Waals surface area contributed by atoms with Crippen molar-refractivity contribution in [3.8, 4) is 0 Å². The summed E-state index contributed by atoms with van der Waals surface area (Å²) in [6, 6.07) is 7.98. The summed E-state index contributed by atoms with van der Waals surface area (Å²) in [4.78, 5) is 37.7. The van der Waals surface area contributed by atoms with Crippen LogP contribution in [0.5, 0.6) is 0 Å². The third-order valence-electron chi connectivity index (χ3n) is 8.87. The van der Waals surface area contributed by atoms with Crippen LogP contribution in [-0.4, -0.2) is 89.4 Å². The van der Waals surface area contributed by atoms with Crippen LogP contribution < -0.4 is 5.32 Å². The Kier molecular flexibility index (Phi) is 9.10. The third-order valence-corrected chi connectivity index (χ3v) is 9.11. The first-order valence-corrected chi connectivity index (χ1v) is 14.0. The monoisotopic (exact) mass is 549 g/mol. The fourth-order valence-corrected chi connectivity index (χ4v) is 6.70. The average Bonchev–Trinajstić information content (AvgIpc) is 3.33. The minimum absolute atomic E-state index is 0. The zero-order valence-electron chi connectivity index (χ0n) is 22.1. The highest BCUT2D eigenvalue weighted by Gasteiger charge is 2.46. The number of hydrogen-bond acceptors (Lipinski definition) is 4. The van der Waals surface area contributed by atoms with E-state index >= 15 is 0 Å². The Labute approximate surface area is 231 Å². The van der Waals surface area contributed by atoms with Crippen LogP contribution in [0, 0.1) is 5.92 Å². The van der Waals surface area contributed by atoms with Gasteiger partial charge in [0.15, 0.2) is 0 Å². The summed E-state index contributed by atoms with van der Waals surface area (Å²) in [5.41, 5.74) is 0.414. The van der Waals surface area contributed by atoms with Crippen LogP contribution in [-0.2, 0) is 4.79 Å². The average molecular weight is 551 g/mol. The van der Waals surface area contributed by atoms with Crippen LogP contribution in [0.25, 0.3) is 10.9 Å². The quantitative estimate of drug-likeness (QED) is 0.573. The molecule has 2 N–H and O–H groups in total. The molecule has 37 heavy (non-hydrogen) atoms. The fraction of sp³-hybridized carbons (Fsp3) is 0.643. The second kappa shape index (κ2) is 11.9. The van der Waals surface area contributed by atoms with Crippen molar-refractivity contribution in [3.63, 3.8) is 0 Å². The molecule has 2 amide bonds. The maximum absolute atomic E-state index is 14.1. The second-order valence-electron chi connectivity index (χ2n) is 11.3. The van der Waals surface area contributed by atoms with E-state index in [9.17, 15) is 9.59 Å². The van der Waals surface area contributed by atoms with Crippen molar-refractivity contribution in [2.24, 2.45) is 5.92 Å². The lowest BCUT2D eigenvalue weighted by Gasteiger charge is -2.46. The van der Waals surface area contributed by atoms with E-state index in [1.54, 1.807) is 0 Å². The maximum Gasteiger partial charge on any atom is 0.268 e. The number of rotatable bonds is 5. The molecular formula is C28H41Cl2N5O2. The number of H-pyrrole nitrogens is 1. The molecule has 1 atom stereocenters. The zero-order chi connectivity index (χ0) is 25.3. The molecule has 1 saturated carbocycles. The number of halogens is 2. The van der Waals surface area contributed by atoms with Gasteiger partial charge in [0.25, 0.3) is 5.91 Å². The topological polar surface area (TPSA) is 71.7 Å². The lowest BCUT2D eigenvalue weighted by atomic mass is 9.74. The number of nitrogens with zero attached hydrogens (tertiary/aromatic N) is 3. The summed E-state index contributed by atoms with van der Waals surface area (Å²) in [6.45, 7) is 7.55. The number of nitrogens with one attached hydrogen (secondary N) is 2. The molecule has 0 radical (unpaired) electrons. The van der Waals surface area contributed by atoms with Gasteiger partial charge in [0, 0.05) is 48.1 Å². The summed E-state index contributed by atoms with van der Waals surface area (Å²) in [7, 11) is 2.19. The van der Waals surface area contributed by atoms with Gasteiger partial charge >= 0.3 is 0 Å². The number of carbonyl (C=O) groups excluding carboxylic acids is 2. The van der Waals surface area contributed by atoms with Crippen molar-refractivity contribution in [1.82, 2.24) is 25.0 Å². The summed E-state index contributed by atoms with van der Waals surface area (Å²) in [6.07, 6.45) is 7.77. The number of aromatic nitrogens is 1. The number of fused-ring (bicyclic) bond motifs is 1. The number of benzene rings is 1. The molecule has 0 unspecified atom stereocenters. The van der Waals surface area contributed by atoms with Crippen LogP contribution in [0.3, 0.4) is 0 Å². The first-order chi connectivity index (χ1) is 17.3. The molecule has 1 aromatic heterocycles. The molecule has 1 aliphatic carbocycles. The highest BCUT2D eigenvalue weighted by molar-refractivity contribution is 6.31. The molecule has 2 aliphatic heterocycles. The number of likely N-dealkylation sites (tertiary alicyclic amines) is 1. The van der Waals surface area contributed by atoms with Crippen LogP contribution in [0.15, 0.2) is 24.3 Å². The predicted molar refractivity (Wildman–Crippen MR) is 152 cm³/mol. The maximum atomic E-state index is 14.1. The summed E-state index contributed by atoms with van der Waals surface area (Å²) in [5.74, 6) is -0.00734. The van der Waals surface area contributed by atoms with Crippen LogP contribution >= 0.6 is 24.0 Å². The lowest BCUT2D eigenvalue weighted by molar-refractivity contribution is -0.142. The largest absolute Gasteiger partial charge is 0.351 e. The van der Waals surface area contributed by atoms with Gasteiger partial charge in [-0.2, -0.15) is 0 Å². The van der Waals surface area contributed by atoms with Crippen molar-refractivity contribution in [3.05, 3.63) is 35.0 Å². The molecule has 0 spiro atoms. The number of carbonyl (C=O) groups is 2. The number of amides is 2. The molecule has 2 aromatic rings. The van der Waals surface area contributed by atoms with Gasteiger partial charge in [-0.15, -0.1) is 12.4 Å². The Morgan fingerprint density at radius 2 is 1.65 bits per heavy atom. The minimum atomic E-state index is -0.915. The molecule has 1 aromatic carbocycles. The van der Waals surface area contributed by atoms with Crippen molar-refractivity contribution in [1.29, 1.82) is 0 Å². The van der Waals surface area contributed by atoms with Gasteiger partial charge < -0.3 is 20.1 Å². The molecule has 9 heteroatoms. The first-order valence-electron chi connectivity index (χ1n) is 13.7. The van der Waals surface area contributed by atoms with Gasteiger partial charge in [-0.05, 0) is 82.9 Å². The summed E-state index contributed by atoms with van der Waals surface area (Å²) >= 11 is 6.14. The number of hydrogen-bond donors (Lipinski definition) is 2. The van der Waals surface area contributed by atoms with Gasteiger partial charge in [0.1, 0.15) is 11.2 Å². The molecule has 5 rings (SSSR count). The minimum Gasteiger partial charge on any atom is -0.351 e. The Bertz CT molecular complexity index is 1090. The van der Waals surface area contributed by atoms with E-state index in [4.69, 9.17) is 11.6 Å². The second-order valence-corrected chi connectivity index (χ2v) is 11.7. The normalized spacial score (nSPS) is 22.4. The summed E-state index contributed by atoms with van der Waals surface area (Å²) in [5, 5.41) is 4.74. The third kappa shape index (κ3) is 6.11. The van der Waals surface area contributed by atoms with E-state index in [2.05, 4.69) is 27.1 Å². The number of aromatic amines is 1. The van der Waals surface area contributed by atoms with E-state index in [0.717, 1.165) is 75.9 Å². The number of piperidine rings is 1. The summed E-state index contributed by atoms with van der Waals surface area (Å²) < 4.78 is 0. The molecule has 3 fully saturated rings. The van der Waals surface area contributed by atoms with E-state index in [1.807, 2.05) is 36.1 Å². The Balaban J connectivity index is 0.00000320. The Morgan fingerprint density at radius 3 is 2.32 bits per heavy atom. The van der Waals surface area contributed by atoms with Crippen LogP contribution in [0.2, 0.25) is 5.02 Å². The van der Waals surface area contributed by atoms with Crippen molar-refractivity contribution >= 4 is 46.7 Å². The fourth-order valence-electron chi connectivity index (χ4n) is 6.52. The van der Waals surface area contributed by atoms with Gasteiger partial charge in [-0.3, -0.25) is 14.5 Å². The molecule has 3 heterocycles. The van der Waals surface area contributed by atoms with E-state index < -0.39 is 5.54 Å². The van der Waals surface area contributed by atoms with Crippen LogP contribution in [0.1, 0.15) is 62.4 Å². The van der Waals surface area contributed by atoms with E-state index in [-0.39, 0.29) is 30.1 Å².